The molecule has 1 heterocycles. The number of anilines is 2. The Hall–Kier alpha value is -3.29. The van der Waals surface area contributed by atoms with Gasteiger partial charge in [-0.2, -0.15) is 18.2 Å². The van der Waals surface area contributed by atoms with Gasteiger partial charge in [-0.1, -0.05) is 55.8 Å². The maximum absolute atomic E-state index is 13.5. The SMILES string of the molecule is CCCCOc1ccccc1Nc1nc(OCc2ccccc2)ncc1C(F)(F)F. The number of para-hydroxylation sites is 2. The standard InChI is InChI=1S/C22H22F3N3O2/c1-2-3-13-29-19-12-8-7-11-18(19)27-20-17(22(23,24)25)14-26-21(28-20)30-15-16-9-5-4-6-10-16/h4-12,14H,2-3,13,15H2,1H3,(H,26,27,28). The van der Waals surface area contributed by atoms with Crippen LogP contribution in [-0.4, -0.2) is 16.6 Å². The summed E-state index contributed by atoms with van der Waals surface area (Å²) >= 11 is 0. The molecule has 3 aromatic rings. The van der Waals surface area contributed by atoms with Crippen LogP contribution in [0.3, 0.4) is 0 Å². The van der Waals surface area contributed by atoms with E-state index in [0.29, 0.717) is 18.0 Å². The average molecular weight is 417 g/mol. The Morgan fingerprint density at radius 1 is 0.967 bits per heavy atom. The molecule has 3 rings (SSSR count). The lowest BCUT2D eigenvalue weighted by Gasteiger charge is -2.16. The summed E-state index contributed by atoms with van der Waals surface area (Å²) in [6.07, 6.45) is -2.12. The largest absolute Gasteiger partial charge is 0.491 e. The van der Waals surface area contributed by atoms with Gasteiger partial charge in [-0.25, -0.2) is 4.98 Å². The third-order valence-electron chi connectivity index (χ3n) is 4.18. The lowest BCUT2D eigenvalue weighted by Crippen LogP contribution is -2.13. The zero-order valence-electron chi connectivity index (χ0n) is 16.4. The molecule has 5 nitrogen and oxygen atoms in total. The molecule has 2 aromatic carbocycles. The first-order valence-electron chi connectivity index (χ1n) is 9.57. The average Bonchev–Trinajstić information content (AvgIpc) is 2.74. The summed E-state index contributed by atoms with van der Waals surface area (Å²) in [7, 11) is 0. The molecule has 1 aromatic heterocycles. The van der Waals surface area contributed by atoms with E-state index in [1.807, 2.05) is 37.3 Å². The molecule has 1 N–H and O–H groups in total. The van der Waals surface area contributed by atoms with Crippen molar-refractivity contribution in [2.45, 2.75) is 32.5 Å². The summed E-state index contributed by atoms with van der Waals surface area (Å²) in [4.78, 5) is 7.69. The third-order valence-corrected chi connectivity index (χ3v) is 4.18. The number of aromatic nitrogens is 2. The van der Waals surface area contributed by atoms with Crippen LogP contribution in [0, 0.1) is 0 Å². The van der Waals surface area contributed by atoms with Crippen molar-refractivity contribution in [3.63, 3.8) is 0 Å². The number of hydrogen-bond donors (Lipinski definition) is 1. The Morgan fingerprint density at radius 3 is 2.43 bits per heavy atom. The molecule has 0 aliphatic heterocycles. The number of rotatable bonds is 9. The molecule has 8 heteroatoms. The van der Waals surface area contributed by atoms with Crippen molar-refractivity contribution in [2.75, 3.05) is 11.9 Å². The number of ether oxygens (including phenoxy) is 2. The van der Waals surface area contributed by atoms with E-state index in [0.717, 1.165) is 24.6 Å². The highest BCUT2D eigenvalue weighted by Gasteiger charge is 2.35. The van der Waals surface area contributed by atoms with Crippen LogP contribution < -0.4 is 14.8 Å². The summed E-state index contributed by atoms with van der Waals surface area (Å²) < 4.78 is 51.7. The second kappa shape index (κ2) is 9.96. The minimum absolute atomic E-state index is 0.141. The molecule has 0 unspecified atom stereocenters. The zero-order valence-corrected chi connectivity index (χ0v) is 16.4. The van der Waals surface area contributed by atoms with Crippen LogP contribution in [0.2, 0.25) is 0 Å². The van der Waals surface area contributed by atoms with Crippen LogP contribution >= 0.6 is 0 Å². The summed E-state index contributed by atoms with van der Waals surface area (Å²) in [6, 6.07) is 15.9. The number of hydrogen-bond acceptors (Lipinski definition) is 5. The number of nitrogens with one attached hydrogen (secondary N) is 1. The maximum atomic E-state index is 13.5. The molecular formula is C22H22F3N3O2. The molecule has 158 valence electrons. The fraction of sp³-hybridized carbons (Fsp3) is 0.273. The van der Waals surface area contributed by atoms with Crippen molar-refractivity contribution in [1.29, 1.82) is 0 Å². The maximum Gasteiger partial charge on any atom is 0.421 e. The van der Waals surface area contributed by atoms with Gasteiger partial charge in [0.25, 0.3) is 0 Å². The minimum atomic E-state index is -4.63. The molecule has 0 fully saturated rings. The summed E-state index contributed by atoms with van der Waals surface area (Å²) in [5.41, 5.74) is 0.245. The van der Waals surface area contributed by atoms with Crippen molar-refractivity contribution >= 4 is 11.5 Å². The van der Waals surface area contributed by atoms with Crippen LogP contribution in [0.15, 0.2) is 60.8 Å². The lowest BCUT2D eigenvalue weighted by molar-refractivity contribution is -0.137. The quantitative estimate of drug-likeness (QED) is 0.433. The van der Waals surface area contributed by atoms with Crippen molar-refractivity contribution in [3.8, 4) is 11.8 Å². The Balaban J connectivity index is 1.84. The molecule has 0 spiro atoms. The van der Waals surface area contributed by atoms with Gasteiger partial charge in [0.2, 0.25) is 0 Å². The van der Waals surface area contributed by atoms with Gasteiger partial charge in [0.15, 0.2) is 0 Å². The molecule has 0 aliphatic rings. The second-order valence-electron chi connectivity index (χ2n) is 6.51. The highest BCUT2D eigenvalue weighted by Crippen LogP contribution is 2.37. The monoisotopic (exact) mass is 417 g/mol. The van der Waals surface area contributed by atoms with Gasteiger partial charge in [-0.3, -0.25) is 0 Å². The minimum Gasteiger partial charge on any atom is -0.491 e. The normalized spacial score (nSPS) is 11.2. The number of alkyl halides is 3. The van der Waals surface area contributed by atoms with Crippen LogP contribution in [0.25, 0.3) is 0 Å². The van der Waals surface area contributed by atoms with E-state index in [-0.39, 0.29) is 12.6 Å². The number of halogens is 3. The van der Waals surface area contributed by atoms with Gasteiger partial charge in [-0.15, -0.1) is 0 Å². The van der Waals surface area contributed by atoms with Crippen molar-refractivity contribution in [2.24, 2.45) is 0 Å². The summed E-state index contributed by atoms with van der Waals surface area (Å²) in [6.45, 7) is 2.64. The first-order chi connectivity index (χ1) is 14.5. The van der Waals surface area contributed by atoms with Gasteiger partial charge in [0.1, 0.15) is 23.7 Å². The number of nitrogens with zero attached hydrogens (tertiary/aromatic N) is 2. The summed E-state index contributed by atoms with van der Waals surface area (Å²) in [5.74, 6) is 0.0524. The van der Waals surface area contributed by atoms with Gasteiger partial charge < -0.3 is 14.8 Å². The van der Waals surface area contributed by atoms with Crippen molar-refractivity contribution < 1.29 is 22.6 Å². The fourth-order valence-electron chi connectivity index (χ4n) is 2.61. The first kappa shape index (κ1) is 21.4. The highest BCUT2D eigenvalue weighted by atomic mass is 19.4. The fourth-order valence-corrected chi connectivity index (χ4v) is 2.61. The van der Waals surface area contributed by atoms with E-state index in [1.54, 1.807) is 24.3 Å². The topological polar surface area (TPSA) is 56.3 Å². The van der Waals surface area contributed by atoms with Crippen LogP contribution in [-0.2, 0) is 12.8 Å². The predicted molar refractivity (Wildman–Crippen MR) is 108 cm³/mol. The smallest absolute Gasteiger partial charge is 0.421 e. The molecule has 0 radical (unpaired) electrons. The van der Waals surface area contributed by atoms with E-state index in [1.165, 1.54) is 0 Å². The highest BCUT2D eigenvalue weighted by molar-refractivity contribution is 5.66. The van der Waals surface area contributed by atoms with Crippen LogP contribution in [0.4, 0.5) is 24.7 Å². The predicted octanol–water partition coefficient (Wildman–Crippen LogP) is 6.00. The molecule has 30 heavy (non-hydrogen) atoms. The number of unbranched alkanes of at least 4 members (excludes halogenated alkanes) is 1. The Labute approximate surface area is 172 Å². The van der Waals surface area contributed by atoms with E-state index >= 15 is 0 Å². The summed E-state index contributed by atoms with van der Waals surface area (Å²) in [5, 5.41) is 2.74. The van der Waals surface area contributed by atoms with Crippen molar-refractivity contribution in [3.05, 3.63) is 71.9 Å². The van der Waals surface area contributed by atoms with Gasteiger partial charge in [-0.05, 0) is 24.1 Å². The van der Waals surface area contributed by atoms with E-state index < -0.39 is 17.6 Å². The second-order valence-corrected chi connectivity index (χ2v) is 6.51. The van der Waals surface area contributed by atoms with Crippen molar-refractivity contribution in [1.82, 2.24) is 9.97 Å². The molecule has 0 saturated heterocycles. The molecule has 0 aliphatic carbocycles. The van der Waals surface area contributed by atoms with E-state index in [9.17, 15) is 13.2 Å². The van der Waals surface area contributed by atoms with Crippen LogP contribution in [0.5, 0.6) is 11.8 Å². The third kappa shape index (κ3) is 5.85. The molecule has 0 amide bonds. The number of benzene rings is 2. The molecule has 0 bridgehead atoms. The molecule has 0 saturated carbocycles. The lowest BCUT2D eigenvalue weighted by atomic mass is 10.2. The van der Waals surface area contributed by atoms with Crippen LogP contribution in [0.1, 0.15) is 30.9 Å². The Bertz CT molecular complexity index is 950. The molecular weight excluding hydrogens is 395 g/mol. The van der Waals surface area contributed by atoms with E-state index in [2.05, 4.69) is 15.3 Å². The zero-order chi connectivity index (χ0) is 21.4. The molecule has 0 atom stereocenters. The van der Waals surface area contributed by atoms with Gasteiger partial charge in [0, 0.05) is 6.20 Å². The van der Waals surface area contributed by atoms with Gasteiger partial charge in [0.05, 0.1) is 12.3 Å². The Kier molecular flexibility index (Phi) is 7.11. The van der Waals surface area contributed by atoms with E-state index in [4.69, 9.17) is 9.47 Å². The Morgan fingerprint density at radius 2 is 1.70 bits per heavy atom. The van der Waals surface area contributed by atoms with Gasteiger partial charge >= 0.3 is 12.2 Å². The first-order valence-corrected chi connectivity index (χ1v) is 9.57.